The van der Waals surface area contributed by atoms with E-state index in [1.165, 1.54) is 5.56 Å². The molecule has 0 bridgehead atoms. The van der Waals surface area contributed by atoms with Crippen LogP contribution < -0.4 is 0 Å². The SMILES string of the molecule is O=C(O)c1ccc2cc3n(c2c1)Cc1cccnc1-3. The van der Waals surface area contributed by atoms with Crippen molar-refractivity contribution in [1.82, 2.24) is 9.55 Å². The Morgan fingerprint density at radius 2 is 2.16 bits per heavy atom. The summed E-state index contributed by atoms with van der Waals surface area (Å²) in [6.07, 6.45) is 1.79. The van der Waals surface area contributed by atoms with Crippen LogP contribution in [0.2, 0.25) is 0 Å². The Morgan fingerprint density at radius 1 is 1.26 bits per heavy atom. The number of hydrogen-bond donors (Lipinski definition) is 1. The van der Waals surface area contributed by atoms with Gasteiger partial charge in [0.05, 0.1) is 23.5 Å². The molecule has 0 fully saturated rings. The van der Waals surface area contributed by atoms with Crippen molar-refractivity contribution in [3.05, 3.63) is 53.7 Å². The summed E-state index contributed by atoms with van der Waals surface area (Å²) in [4.78, 5) is 15.5. The first kappa shape index (κ1) is 10.3. The van der Waals surface area contributed by atoms with Crippen molar-refractivity contribution in [2.75, 3.05) is 0 Å². The van der Waals surface area contributed by atoms with Crippen molar-refractivity contribution < 1.29 is 9.90 Å². The van der Waals surface area contributed by atoms with E-state index in [1.54, 1.807) is 18.3 Å². The zero-order chi connectivity index (χ0) is 13.0. The molecule has 0 spiro atoms. The third kappa shape index (κ3) is 1.34. The van der Waals surface area contributed by atoms with Gasteiger partial charge in [-0.05, 0) is 29.8 Å². The molecule has 1 N–H and O–H groups in total. The molecular formula is C15H10N2O2. The molecule has 0 amide bonds. The summed E-state index contributed by atoms with van der Waals surface area (Å²) in [5, 5.41) is 10.1. The second-order valence-corrected chi connectivity index (χ2v) is 4.71. The molecule has 1 aromatic carbocycles. The maximum absolute atomic E-state index is 11.1. The monoisotopic (exact) mass is 250 g/mol. The molecule has 0 saturated carbocycles. The summed E-state index contributed by atoms with van der Waals surface area (Å²) in [5.74, 6) is -0.897. The van der Waals surface area contributed by atoms with Gasteiger partial charge >= 0.3 is 5.97 Å². The van der Waals surface area contributed by atoms with Gasteiger partial charge in [-0.15, -0.1) is 0 Å². The van der Waals surface area contributed by atoms with Crippen LogP contribution in [0.5, 0.6) is 0 Å². The molecule has 0 atom stereocenters. The molecule has 3 aromatic rings. The summed E-state index contributed by atoms with van der Waals surface area (Å²) in [6.45, 7) is 0.755. The molecule has 4 rings (SSSR count). The smallest absolute Gasteiger partial charge is 0.335 e. The normalized spacial score (nSPS) is 12.4. The fraction of sp³-hybridized carbons (Fsp3) is 0.0667. The number of pyridine rings is 1. The molecule has 19 heavy (non-hydrogen) atoms. The number of fused-ring (bicyclic) bond motifs is 5. The van der Waals surface area contributed by atoms with E-state index < -0.39 is 5.97 Å². The zero-order valence-electron chi connectivity index (χ0n) is 10.00. The number of carboxylic acids is 1. The number of rotatable bonds is 1. The molecule has 3 heterocycles. The van der Waals surface area contributed by atoms with Gasteiger partial charge in [0.25, 0.3) is 0 Å². The van der Waals surface area contributed by atoms with E-state index in [9.17, 15) is 4.79 Å². The summed E-state index contributed by atoms with van der Waals surface area (Å²) in [5.41, 5.74) is 4.51. The first-order chi connectivity index (χ1) is 9.24. The summed E-state index contributed by atoms with van der Waals surface area (Å²) >= 11 is 0. The minimum absolute atomic E-state index is 0.317. The largest absolute Gasteiger partial charge is 0.478 e. The van der Waals surface area contributed by atoms with Crippen molar-refractivity contribution in [2.45, 2.75) is 6.54 Å². The highest BCUT2D eigenvalue weighted by Gasteiger charge is 2.22. The van der Waals surface area contributed by atoms with Gasteiger partial charge in [0, 0.05) is 17.1 Å². The minimum atomic E-state index is -0.897. The maximum Gasteiger partial charge on any atom is 0.335 e. The van der Waals surface area contributed by atoms with E-state index >= 15 is 0 Å². The molecule has 4 heteroatoms. The van der Waals surface area contributed by atoms with E-state index in [4.69, 9.17) is 5.11 Å². The first-order valence-corrected chi connectivity index (χ1v) is 6.05. The predicted octanol–water partition coefficient (Wildman–Crippen LogP) is 2.76. The van der Waals surface area contributed by atoms with Crippen molar-refractivity contribution in [3.63, 3.8) is 0 Å². The highest BCUT2D eigenvalue weighted by Crippen LogP contribution is 2.35. The van der Waals surface area contributed by atoms with Crippen LogP contribution >= 0.6 is 0 Å². The van der Waals surface area contributed by atoms with Gasteiger partial charge in [-0.25, -0.2) is 4.79 Å². The molecule has 1 aliphatic rings. The number of hydrogen-bond acceptors (Lipinski definition) is 2. The highest BCUT2D eigenvalue weighted by atomic mass is 16.4. The van der Waals surface area contributed by atoms with Gasteiger partial charge in [-0.2, -0.15) is 0 Å². The third-order valence-corrected chi connectivity index (χ3v) is 3.61. The van der Waals surface area contributed by atoms with E-state index in [2.05, 4.69) is 21.7 Å². The highest BCUT2D eigenvalue weighted by molar-refractivity contribution is 5.96. The number of carboxylic acid groups (broad SMARTS) is 1. The molecule has 92 valence electrons. The minimum Gasteiger partial charge on any atom is -0.478 e. The lowest BCUT2D eigenvalue weighted by molar-refractivity contribution is 0.0697. The average Bonchev–Trinajstić information content (AvgIpc) is 2.94. The summed E-state index contributed by atoms with van der Waals surface area (Å²) in [6, 6.07) is 11.3. The predicted molar refractivity (Wildman–Crippen MR) is 71.2 cm³/mol. The molecule has 1 aliphatic heterocycles. The fourth-order valence-corrected chi connectivity index (χ4v) is 2.72. The van der Waals surface area contributed by atoms with E-state index in [0.29, 0.717) is 5.56 Å². The number of aromatic nitrogens is 2. The Kier molecular flexibility index (Phi) is 1.87. The van der Waals surface area contributed by atoms with Crippen molar-refractivity contribution in [2.24, 2.45) is 0 Å². The Morgan fingerprint density at radius 3 is 3.00 bits per heavy atom. The molecule has 4 nitrogen and oxygen atoms in total. The van der Waals surface area contributed by atoms with Gasteiger partial charge in [0.1, 0.15) is 0 Å². The molecule has 0 aliphatic carbocycles. The third-order valence-electron chi connectivity index (χ3n) is 3.61. The summed E-state index contributed by atoms with van der Waals surface area (Å²) in [7, 11) is 0. The van der Waals surface area contributed by atoms with Crippen LogP contribution in [-0.2, 0) is 6.54 Å². The molecule has 2 aromatic heterocycles. The van der Waals surface area contributed by atoms with Crippen molar-refractivity contribution in [1.29, 1.82) is 0 Å². The van der Waals surface area contributed by atoms with Crippen molar-refractivity contribution >= 4 is 16.9 Å². The lowest BCUT2D eigenvalue weighted by Gasteiger charge is -2.01. The van der Waals surface area contributed by atoms with Crippen molar-refractivity contribution in [3.8, 4) is 11.4 Å². The zero-order valence-corrected chi connectivity index (χ0v) is 10.00. The second-order valence-electron chi connectivity index (χ2n) is 4.71. The van der Waals surface area contributed by atoms with Crippen LogP contribution in [0.3, 0.4) is 0 Å². The van der Waals surface area contributed by atoms with E-state index in [-0.39, 0.29) is 0 Å². The Balaban J connectivity index is 2.01. The Labute approximate surface area is 108 Å². The quantitative estimate of drug-likeness (QED) is 0.565. The van der Waals surface area contributed by atoms with Crippen LogP contribution in [0, 0.1) is 0 Å². The second kappa shape index (κ2) is 3.45. The molecular weight excluding hydrogens is 240 g/mol. The average molecular weight is 250 g/mol. The van der Waals surface area contributed by atoms with Gasteiger partial charge < -0.3 is 9.67 Å². The number of benzene rings is 1. The van der Waals surface area contributed by atoms with Gasteiger partial charge in [0.2, 0.25) is 0 Å². The van der Waals surface area contributed by atoms with E-state index in [0.717, 1.165) is 28.8 Å². The van der Waals surface area contributed by atoms with E-state index in [1.807, 2.05) is 12.1 Å². The Hall–Kier alpha value is -2.62. The lowest BCUT2D eigenvalue weighted by atomic mass is 10.1. The van der Waals surface area contributed by atoms with Gasteiger partial charge in [-0.1, -0.05) is 12.1 Å². The molecule has 0 saturated heterocycles. The van der Waals surface area contributed by atoms with Crippen LogP contribution in [0.15, 0.2) is 42.6 Å². The lowest BCUT2D eigenvalue weighted by Crippen LogP contribution is -1.97. The Bertz CT molecular complexity index is 833. The first-order valence-electron chi connectivity index (χ1n) is 6.05. The number of nitrogens with zero attached hydrogens (tertiary/aromatic N) is 2. The van der Waals surface area contributed by atoms with Gasteiger partial charge in [-0.3, -0.25) is 4.98 Å². The van der Waals surface area contributed by atoms with Crippen LogP contribution in [0.25, 0.3) is 22.3 Å². The van der Waals surface area contributed by atoms with Gasteiger partial charge in [0.15, 0.2) is 0 Å². The summed E-state index contributed by atoms with van der Waals surface area (Å²) < 4.78 is 2.12. The molecule has 0 radical (unpaired) electrons. The number of carbonyl (C=O) groups is 1. The number of aromatic carboxylic acids is 1. The standard InChI is InChI=1S/C15H10N2O2/c18-15(19)10-4-3-9-6-13-14-11(2-1-5-16-14)8-17(13)12(9)7-10/h1-7H,8H2,(H,18,19). The molecule has 0 unspecified atom stereocenters. The van der Waals surface area contributed by atoms with Crippen LogP contribution in [0.1, 0.15) is 15.9 Å². The fourth-order valence-electron chi connectivity index (χ4n) is 2.72. The van der Waals surface area contributed by atoms with Crippen LogP contribution in [0.4, 0.5) is 0 Å². The van der Waals surface area contributed by atoms with Crippen LogP contribution in [-0.4, -0.2) is 20.6 Å². The maximum atomic E-state index is 11.1. The topological polar surface area (TPSA) is 55.1 Å².